The lowest BCUT2D eigenvalue weighted by atomic mass is 10.4. The molecule has 1 fully saturated rings. The summed E-state index contributed by atoms with van der Waals surface area (Å²) in [7, 11) is 1.27. The summed E-state index contributed by atoms with van der Waals surface area (Å²) >= 11 is 0. The molecule has 7 nitrogen and oxygen atoms in total. The largest absolute Gasteiger partial charge is 0.462 e. The van der Waals surface area contributed by atoms with Gasteiger partial charge in [-0.3, -0.25) is 0 Å². The number of anilines is 1. The molecule has 7 heteroatoms. The minimum atomic E-state index is -0.608. The topological polar surface area (TPSA) is 80.5 Å². The lowest BCUT2D eigenvalue weighted by Gasteiger charge is -2.24. The summed E-state index contributed by atoms with van der Waals surface area (Å²) in [4.78, 5) is 13.0. The lowest BCUT2D eigenvalue weighted by Crippen LogP contribution is -2.43. The van der Waals surface area contributed by atoms with Crippen LogP contribution in [0.4, 0.5) is 6.01 Å². The van der Waals surface area contributed by atoms with Gasteiger partial charge in [-0.2, -0.15) is 0 Å². The van der Waals surface area contributed by atoms with Crippen LogP contribution in [0.3, 0.4) is 0 Å². The minimum Gasteiger partial charge on any atom is -0.462 e. The summed E-state index contributed by atoms with van der Waals surface area (Å²) in [6, 6.07) is 0.372. The molecule has 0 atom stereocenters. The molecule has 0 saturated carbocycles. The first kappa shape index (κ1) is 9.91. The van der Waals surface area contributed by atoms with Gasteiger partial charge in [-0.25, -0.2) is 4.79 Å². The van der Waals surface area contributed by atoms with Crippen molar-refractivity contribution in [2.24, 2.45) is 0 Å². The van der Waals surface area contributed by atoms with Gasteiger partial charge in [-0.15, -0.1) is 0 Å². The van der Waals surface area contributed by atoms with E-state index in [0.717, 1.165) is 26.2 Å². The third kappa shape index (κ3) is 2.07. The van der Waals surface area contributed by atoms with Gasteiger partial charge in [0.2, 0.25) is 0 Å². The average molecular weight is 212 g/mol. The molecule has 1 aromatic heterocycles. The van der Waals surface area contributed by atoms with Crippen LogP contribution in [0.1, 0.15) is 10.7 Å². The van der Waals surface area contributed by atoms with Gasteiger partial charge in [0, 0.05) is 26.2 Å². The highest BCUT2D eigenvalue weighted by atomic mass is 16.5. The number of piperazine rings is 1. The Kier molecular flexibility index (Phi) is 2.82. The van der Waals surface area contributed by atoms with Crippen molar-refractivity contribution < 1.29 is 13.9 Å². The predicted octanol–water partition coefficient (Wildman–Crippen LogP) is -0.734. The summed E-state index contributed by atoms with van der Waals surface area (Å²) in [6.07, 6.45) is 0. The molecule has 15 heavy (non-hydrogen) atoms. The molecular formula is C8H12N4O3. The first-order valence-corrected chi connectivity index (χ1v) is 4.69. The van der Waals surface area contributed by atoms with E-state index in [9.17, 15) is 4.79 Å². The number of rotatable bonds is 2. The molecule has 0 unspecified atom stereocenters. The van der Waals surface area contributed by atoms with Crippen molar-refractivity contribution in [1.29, 1.82) is 0 Å². The van der Waals surface area contributed by atoms with E-state index in [4.69, 9.17) is 4.42 Å². The van der Waals surface area contributed by atoms with E-state index < -0.39 is 5.97 Å². The van der Waals surface area contributed by atoms with Crippen LogP contribution in [-0.2, 0) is 4.74 Å². The number of nitrogens with one attached hydrogen (secondary N) is 1. The maximum absolute atomic E-state index is 11.1. The van der Waals surface area contributed by atoms with Crippen molar-refractivity contribution >= 4 is 12.0 Å². The monoisotopic (exact) mass is 212 g/mol. The first-order valence-electron chi connectivity index (χ1n) is 4.69. The number of carbonyl (C=O) groups excluding carboxylic acids is 1. The normalized spacial score (nSPS) is 16.5. The van der Waals surface area contributed by atoms with Crippen LogP contribution in [-0.4, -0.2) is 49.5 Å². The van der Waals surface area contributed by atoms with Crippen molar-refractivity contribution in [3.8, 4) is 0 Å². The fraction of sp³-hybridized carbons (Fsp3) is 0.625. The van der Waals surface area contributed by atoms with E-state index in [0.29, 0.717) is 6.01 Å². The molecule has 1 aliphatic heterocycles. The highest BCUT2D eigenvalue weighted by Crippen LogP contribution is 2.12. The van der Waals surface area contributed by atoms with Gasteiger partial charge < -0.3 is 19.4 Å². The highest BCUT2D eigenvalue weighted by molar-refractivity contribution is 5.83. The molecule has 0 amide bonds. The van der Waals surface area contributed by atoms with E-state index in [1.54, 1.807) is 0 Å². The van der Waals surface area contributed by atoms with Gasteiger partial charge in [0.05, 0.1) is 7.11 Å². The van der Waals surface area contributed by atoms with Crippen LogP contribution >= 0.6 is 0 Å². The van der Waals surface area contributed by atoms with Gasteiger partial charge in [-0.05, 0) is 0 Å². The zero-order valence-electron chi connectivity index (χ0n) is 8.39. The van der Waals surface area contributed by atoms with Crippen molar-refractivity contribution in [2.75, 3.05) is 38.2 Å². The van der Waals surface area contributed by atoms with Gasteiger partial charge in [-0.1, -0.05) is 10.2 Å². The fourth-order valence-electron chi connectivity index (χ4n) is 1.37. The Bertz CT molecular complexity index is 345. The average Bonchev–Trinajstić information content (AvgIpc) is 2.78. The first-order chi connectivity index (χ1) is 7.31. The second-order valence-electron chi connectivity index (χ2n) is 3.12. The molecule has 0 bridgehead atoms. The van der Waals surface area contributed by atoms with E-state index >= 15 is 0 Å². The van der Waals surface area contributed by atoms with Crippen molar-refractivity contribution in [3.63, 3.8) is 0 Å². The number of esters is 1. The summed E-state index contributed by atoms with van der Waals surface area (Å²) < 4.78 is 9.65. The standard InChI is InChI=1S/C8H12N4O3/c1-14-7(13)6-10-11-8(15-6)12-4-2-9-3-5-12/h9H,2-5H2,1H3. The molecule has 1 N–H and O–H groups in total. The number of nitrogens with zero attached hydrogens (tertiary/aromatic N) is 3. The van der Waals surface area contributed by atoms with Crippen LogP contribution in [0, 0.1) is 0 Å². The van der Waals surface area contributed by atoms with Crippen molar-refractivity contribution in [2.45, 2.75) is 0 Å². The third-order valence-corrected chi connectivity index (χ3v) is 2.16. The van der Waals surface area contributed by atoms with Crippen LogP contribution < -0.4 is 10.2 Å². The maximum Gasteiger partial charge on any atom is 0.396 e. The Balaban J connectivity index is 2.08. The van der Waals surface area contributed by atoms with Gasteiger partial charge in [0.1, 0.15) is 0 Å². The van der Waals surface area contributed by atoms with Crippen LogP contribution in [0.5, 0.6) is 0 Å². The number of hydrogen-bond acceptors (Lipinski definition) is 7. The second kappa shape index (κ2) is 4.26. The maximum atomic E-state index is 11.1. The molecule has 1 aliphatic rings. The Labute approximate surface area is 86.4 Å². The second-order valence-corrected chi connectivity index (χ2v) is 3.12. The summed E-state index contributed by atoms with van der Waals surface area (Å²) in [5, 5.41) is 10.6. The molecule has 1 aromatic rings. The molecule has 1 saturated heterocycles. The number of methoxy groups -OCH3 is 1. The van der Waals surface area contributed by atoms with Gasteiger partial charge in [0.15, 0.2) is 0 Å². The third-order valence-electron chi connectivity index (χ3n) is 2.16. The smallest absolute Gasteiger partial charge is 0.396 e. The zero-order chi connectivity index (χ0) is 10.7. The molecule has 0 aromatic carbocycles. The molecule has 2 rings (SSSR count). The number of hydrogen-bond donors (Lipinski definition) is 1. The van der Waals surface area contributed by atoms with Gasteiger partial charge >= 0.3 is 17.9 Å². The molecular weight excluding hydrogens is 200 g/mol. The Morgan fingerprint density at radius 2 is 2.20 bits per heavy atom. The fourth-order valence-corrected chi connectivity index (χ4v) is 1.37. The summed E-state index contributed by atoms with van der Waals surface area (Å²) in [5.41, 5.74) is 0. The molecule has 0 spiro atoms. The number of carbonyl (C=O) groups is 1. The predicted molar refractivity (Wildman–Crippen MR) is 50.7 cm³/mol. The molecule has 2 heterocycles. The van der Waals surface area contributed by atoms with E-state index in [-0.39, 0.29) is 5.89 Å². The van der Waals surface area contributed by atoms with E-state index in [2.05, 4.69) is 20.3 Å². The van der Waals surface area contributed by atoms with E-state index in [1.165, 1.54) is 7.11 Å². The lowest BCUT2D eigenvalue weighted by molar-refractivity contribution is 0.0556. The van der Waals surface area contributed by atoms with Crippen molar-refractivity contribution in [3.05, 3.63) is 5.89 Å². The summed E-state index contributed by atoms with van der Waals surface area (Å²) in [6.45, 7) is 3.33. The molecule has 82 valence electrons. The number of aromatic nitrogens is 2. The van der Waals surface area contributed by atoms with Gasteiger partial charge in [0.25, 0.3) is 0 Å². The Morgan fingerprint density at radius 3 is 2.87 bits per heavy atom. The Morgan fingerprint density at radius 1 is 1.47 bits per heavy atom. The molecule has 0 aliphatic carbocycles. The van der Waals surface area contributed by atoms with Crippen LogP contribution in [0.2, 0.25) is 0 Å². The minimum absolute atomic E-state index is 0.106. The SMILES string of the molecule is COC(=O)c1nnc(N2CCNCC2)o1. The Hall–Kier alpha value is -1.63. The molecule has 0 radical (unpaired) electrons. The van der Waals surface area contributed by atoms with Crippen LogP contribution in [0.15, 0.2) is 4.42 Å². The van der Waals surface area contributed by atoms with Crippen LogP contribution in [0.25, 0.3) is 0 Å². The van der Waals surface area contributed by atoms with Crippen molar-refractivity contribution in [1.82, 2.24) is 15.5 Å². The zero-order valence-corrected chi connectivity index (χ0v) is 8.39. The highest BCUT2D eigenvalue weighted by Gasteiger charge is 2.20. The number of ether oxygens (including phenoxy) is 1. The summed E-state index contributed by atoms with van der Waals surface area (Å²) in [5.74, 6) is -0.713. The quantitative estimate of drug-likeness (QED) is 0.647. The van der Waals surface area contributed by atoms with E-state index in [1.807, 2.05) is 4.90 Å².